The van der Waals surface area contributed by atoms with Gasteiger partial charge in [0.25, 0.3) is 5.91 Å². The number of alkyl halides is 1. The first-order valence-corrected chi connectivity index (χ1v) is 7.13. The maximum absolute atomic E-state index is 14.9. The molecule has 4 rings (SSSR count). The maximum atomic E-state index is 14.9. The summed E-state index contributed by atoms with van der Waals surface area (Å²) in [6.07, 6.45) is 8.46. The van der Waals surface area contributed by atoms with Crippen LogP contribution in [0.15, 0.2) is 24.8 Å². The number of nitrogens with zero attached hydrogens (tertiary/aromatic N) is 3. The molecule has 2 N–H and O–H groups in total. The summed E-state index contributed by atoms with van der Waals surface area (Å²) in [6, 6.07) is 0. The van der Waals surface area contributed by atoms with Crippen LogP contribution < -0.4 is 10.6 Å². The van der Waals surface area contributed by atoms with Gasteiger partial charge in [-0.15, -0.1) is 0 Å². The lowest BCUT2D eigenvalue weighted by atomic mass is 9.87. The van der Waals surface area contributed by atoms with Crippen LogP contribution in [0.25, 0.3) is 5.78 Å². The molecule has 0 radical (unpaired) electrons. The van der Waals surface area contributed by atoms with E-state index in [1.165, 1.54) is 6.20 Å². The zero-order valence-corrected chi connectivity index (χ0v) is 11.5. The van der Waals surface area contributed by atoms with E-state index in [9.17, 15) is 9.18 Å². The first-order valence-electron chi connectivity index (χ1n) is 7.13. The third-order valence-corrected chi connectivity index (χ3v) is 4.73. The predicted octanol–water partition coefficient (Wildman–Crippen LogP) is 0.693. The normalized spacial score (nSPS) is 31.5. The number of halogens is 1. The van der Waals surface area contributed by atoms with Crippen LogP contribution in [-0.2, 0) is 0 Å². The number of hydrogen-bond donors (Lipinski definition) is 2. The maximum Gasteiger partial charge on any atom is 0.254 e. The molecule has 0 unspecified atom stereocenters. The fourth-order valence-electron chi connectivity index (χ4n) is 3.55. The van der Waals surface area contributed by atoms with E-state index >= 15 is 0 Å². The van der Waals surface area contributed by atoms with Crippen LogP contribution in [0.5, 0.6) is 0 Å². The Morgan fingerprint density at radius 1 is 1.38 bits per heavy atom. The summed E-state index contributed by atoms with van der Waals surface area (Å²) in [5.41, 5.74) is -1.71. The van der Waals surface area contributed by atoms with E-state index in [4.69, 9.17) is 0 Å². The lowest BCUT2D eigenvalue weighted by Gasteiger charge is -2.34. The van der Waals surface area contributed by atoms with Gasteiger partial charge in [0, 0.05) is 37.9 Å². The first kappa shape index (κ1) is 12.7. The number of rotatable bonds is 2. The van der Waals surface area contributed by atoms with Gasteiger partial charge in [-0.3, -0.25) is 9.20 Å². The molecule has 2 fully saturated rings. The second kappa shape index (κ2) is 4.24. The van der Waals surface area contributed by atoms with Crippen LogP contribution >= 0.6 is 0 Å². The fourth-order valence-corrected chi connectivity index (χ4v) is 3.55. The van der Waals surface area contributed by atoms with Crippen molar-refractivity contribution in [3.05, 3.63) is 30.4 Å². The first-order chi connectivity index (χ1) is 10.1. The molecule has 1 aliphatic heterocycles. The van der Waals surface area contributed by atoms with Crippen LogP contribution in [0.2, 0.25) is 0 Å². The molecule has 1 saturated carbocycles. The van der Waals surface area contributed by atoms with Crippen molar-refractivity contribution in [2.45, 2.75) is 30.5 Å². The summed E-state index contributed by atoms with van der Waals surface area (Å²) >= 11 is 0. The van der Waals surface area contributed by atoms with Crippen LogP contribution in [-0.4, -0.2) is 44.6 Å². The van der Waals surface area contributed by atoms with Crippen LogP contribution in [0.3, 0.4) is 0 Å². The molecule has 6 nitrogen and oxygen atoms in total. The Hall–Kier alpha value is -2.02. The van der Waals surface area contributed by atoms with Crippen LogP contribution in [0.1, 0.15) is 29.6 Å². The molecule has 7 heteroatoms. The molecule has 2 aromatic rings. The van der Waals surface area contributed by atoms with E-state index < -0.39 is 11.2 Å². The quantitative estimate of drug-likeness (QED) is 0.853. The molecule has 2 aliphatic rings. The largest absolute Gasteiger partial charge is 0.342 e. The fraction of sp³-hybridized carbons (Fsp3) is 0.500. The van der Waals surface area contributed by atoms with E-state index in [-0.39, 0.29) is 5.91 Å². The summed E-state index contributed by atoms with van der Waals surface area (Å²) in [5.74, 6) is 0.249. The van der Waals surface area contributed by atoms with Gasteiger partial charge in [-0.2, -0.15) is 0 Å². The number of amides is 1. The second-order valence-corrected chi connectivity index (χ2v) is 5.94. The molecule has 1 amide bonds. The van der Waals surface area contributed by atoms with Gasteiger partial charge in [0.2, 0.25) is 5.78 Å². The minimum Gasteiger partial charge on any atom is -0.342 e. The predicted molar refractivity (Wildman–Crippen MR) is 73.7 cm³/mol. The number of carbonyl (C=O) groups excluding carboxylic acids is 1. The summed E-state index contributed by atoms with van der Waals surface area (Å²) in [6.45, 7) is 0.794. The van der Waals surface area contributed by atoms with Crippen molar-refractivity contribution < 1.29 is 9.18 Å². The monoisotopic (exact) mass is 289 g/mol. The molecule has 2 aromatic heterocycles. The van der Waals surface area contributed by atoms with Crippen LogP contribution in [0.4, 0.5) is 4.39 Å². The molecule has 21 heavy (non-hydrogen) atoms. The lowest BCUT2D eigenvalue weighted by molar-refractivity contribution is 0.0728. The Labute approximate surface area is 120 Å². The lowest BCUT2D eigenvalue weighted by Crippen LogP contribution is -2.58. The molecule has 0 spiro atoms. The second-order valence-electron chi connectivity index (χ2n) is 5.94. The molecule has 1 saturated heterocycles. The highest BCUT2D eigenvalue weighted by molar-refractivity contribution is 5.94. The summed E-state index contributed by atoms with van der Waals surface area (Å²) in [5, 5.41) is 5.99. The van der Waals surface area contributed by atoms with Gasteiger partial charge in [-0.05, 0) is 19.3 Å². The third-order valence-electron chi connectivity index (χ3n) is 4.73. The number of carbonyl (C=O) groups is 1. The van der Waals surface area contributed by atoms with E-state index in [0.29, 0.717) is 37.3 Å². The van der Waals surface area contributed by atoms with Crippen molar-refractivity contribution in [3.63, 3.8) is 0 Å². The van der Waals surface area contributed by atoms with E-state index in [1.807, 2.05) is 0 Å². The molecule has 2 atom stereocenters. The molecule has 0 aromatic carbocycles. The minimum absolute atomic E-state index is 0.286. The van der Waals surface area contributed by atoms with Crippen molar-refractivity contribution >= 4 is 11.7 Å². The van der Waals surface area contributed by atoms with E-state index in [1.54, 1.807) is 23.0 Å². The van der Waals surface area contributed by atoms with E-state index in [2.05, 4.69) is 20.6 Å². The Kier molecular flexibility index (Phi) is 2.56. The van der Waals surface area contributed by atoms with Crippen molar-refractivity contribution in [1.29, 1.82) is 0 Å². The standard InChI is InChI=1S/C14H16FN5O/c15-13-2-1-3-14(13,9-16-8-13)19-11(21)10-6-18-12-17-4-5-20(12)7-10/h4-7,16H,1-3,8-9H2,(H,19,21)/t13-,14+/m0/s1. The average Bonchev–Trinajstić information content (AvgIpc) is 3.10. The highest BCUT2D eigenvalue weighted by Gasteiger charge is 2.59. The van der Waals surface area contributed by atoms with Gasteiger partial charge in [0.15, 0.2) is 0 Å². The number of imidazole rings is 1. The Morgan fingerprint density at radius 2 is 2.29 bits per heavy atom. The van der Waals surface area contributed by atoms with Gasteiger partial charge in [-0.25, -0.2) is 14.4 Å². The third kappa shape index (κ3) is 1.77. The molecule has 110 valence electrons. The van der Waals surface area contributed by atoms with Gasteiger partial charge in [-0.1, -0.05) is 0 Å². The van der Waals surface area contributed by atoms with Crippen molar-refractivity contribution in [2.75, 3.05) is 13.1 Å². The average molecular weight is 289 g/mol. The highest BCUT2D eigenvalue weighted by Crippen LogP contribution is 2.44. The van der Waals surface area contributed by atoms with Gasteiger partial charge in [0.1, 0.15) is 5.67 Å². The van der Waals surface area contributed by atoms with Gasteiger partial charge < -0.3 is 10.6 Å². The minimum atomic E-state index is -1.34. The molecular formula is C14H16FN5O. The molecule has 3 heterocycles. The topological polar surface area (TPSA) is 71.3 Å². The number of nitrogens with one attached hydrogen (secondary N) is 2. The summed E-state index contributed by atoms with van der Waals surface area (Å²) < 4.78 is 16.6. The molecular weight excluding hydrogens is 273 g/mol. The number of aromatic nitrogens is 3. The highest BCUT2D eigenvalue weighted by atomic mass is 19.1. The SMILES string of the molecule is O=C(N[C@@]12CCC[C@]1(F)CNC2)c1cnc2nccn2c1. The van der Waals surface area contributed by atoms with Crippen molar-refractivity contribution in [1.82, 2.24) is 25.0 Å². The zero-order valence-electron chi connectivity index (χ0n) is 11.5. The summed E-state index contributed by atoms with van der Waals surface area (Å²) in [7, 11) is 0. The van der Waals surface area contributed by atoms with Crippen molar-refractivity contribution in [2.24, 2.45) is 0 Å². The Bertz CT molecular complexity index is 702. The molecule has 1 aliphatic carbocycles. The number of hydrogen-bond acceptors (Lipinski definition) is 4. The van der Waals surface area contributed by atoms with Gasteiger partial charge >= 0.3 is 0 Å². The number of fused-ring (bicyclic) bond motifs is 2. The molecule has 0 bridgehead atoms. The van der Waals surface area contributed by atoms with Crippen LogP contribution in [0, 0.1) is 0 Å². The Morgan fingerprint density at radius 3 is 3.19 bits per heavy atom. The van der Waals surface area contributed by atoms with Crippen molar-refractivity contribution in [3.8, 4) is 0 Å². The zero-order chi connectivity index (χ0) is 14.5. The summed E-state index contributed by atoms with van der Waals surface area (Å²) in [4.78, 5) is 20.6. The Balaban J connectivity index is 1.63. The smallest absolute Gasteiger partial charge is 0.254 e. The van der Waals surface area contributed by atoms with Gasteiger partial charge in [0.05, 0.1) is 11.1 Å². The van der Waals surface area contributed by atoms with E-state index in [0.717, 1.165) is 6.42 Å².